The third kappa shape index (κ3) is 1.15. The molecule has 0 saturated carbocycles. The zero-order valence-electron chi connectivity index (χ0n) is 9.25. The minimum atomic E-state index is -0.249. The topological polar surface area (TPSA) is 30.9 Å². The van der Waals surface area contributed by atoms with Crippen LogP contribution in [0.2, 0.25) is 0 Å². The molecule has 0 aliphatic carbocycles. The van der Waals surface area contributed by atoms with E-state index < -0.39 is 0 Å². The molecule has 2 nitrogen and oxygen atoms in total. The summed E-state index contributed by atoms with van der Waals surface area (Å²) in [4.78, 5) is 0. The fourth-order valence-electron chi connectivity index (χ4n) is 2.60. The van der Waals surface area contributed by atoms with Crippen LogP contribution in [0, 0.1) is 0 Å². The SMILES string of the molecule is CC(C)(N)c1cc2cccc3c2n1CC3. The molecule has 0 amide bonds. The van der Waals surface area contributed by atoms with Crippen LogP contribution in [0.25, 0.3) is 10.9 Å². The number of aryl methyl sites for hydroxylation is 2. The number of hydrogen-bond acceptors (Lipinski definition) is 1. The number of nitrogens with zero attached hydrogens (tertiary/aromatic N) is 1. The predicted octanol–water partition coefficient (Wildman–Crippen LogP) is 2.39. The molecule has 2 N–H and O–H groups in total. The summed E-state index contributed by atoms with van der Waals surface area (Å²) in [6, 6.07) is 8.77. The van der Waals surface area contributed by atoms with E-state index in [9.17, 15) is 0 Å². The lowest BCUT2D eigenvalue weighted by Gasteiger charge is -2.20. The molecule has 78 valence electrons. The van der Waals surface area contributed by atoms with Gasteiger partial charge in [-0.2, -0.15) is 0 Å². The van der Waals surface area contributed by atoms with E-state index in [1.165, 1.54) is 22.2 Å². The first-order chi connectivity index (χ1) is 7.07. The first-order valence-corrected chi connectivity index (χ1v) is 5.48. The fraction of sp³-hybridized carbons (Fsp3) is 0.385. The molecule has 0 saturated heterocycles. The molecule has 2 heterocycles. The van der Waals surface area contributed by atoms with Crippen molar-refractivity contribution in [3.63, 3.8) is 0 Å². The van der Waals surface area contributed by atoms with Crippen LogP contribution in [0.15, 0.2) is 24.3 Å². The molecule has 0 atom stereocenters. The molecule has 0 bridgehead atoms. The van der Waals surface area contributed by atoms with Crippen LogP contribution in [-0.4, -0.2) is 4.57 Å². The second kappa shape index (κ2) is 2.64. The quantitative estimate of drug-likeness (QED) is 0.753. The third-order valence-electron chi connectivity index (χ3n) is 3.27. The normalized spacial score (nSPS) is 15.1. The van der Waals surface area contributed by atoms with Gasteiger partial charge in [-0.1, -0.05) is 18.2 Å². The zero-order chi connectivity index (χ0) is 10.6. The maximum Gasteiger partial charge on any atom is 0.0516 e. The van der Waals surface area contributed by atoms with Crippen LogP contribution in [0.1, 0.15) is 25.1 Å². The summed E-state index contributed by atoms with van der Waals surface area (Å²) < 4.78 is 2.38. The highest BCUT2D eigenvalue weighted by Gasteiger charge is 2.24. The van der Waals surface area contributed by atoms with E-state index in [0.29, 0.717) is 0 Å². The van der Waals surface area contributed by atoms with Crippen molar-refractivity contribution in [3.05, 3.63) is 35.5 Å². The molecule has 3 rings (SSSR count). The van der Waals surface area contributed by atoms with E-state index in [4.69, 9.17) is 5.73 Å². The molecule has 2 heteroatoms. The maximum absolute atomic E-state index is 6.20. The second-order valence-corrected chi connectivity index (χ2v) is 5.01. The van der Waals surface area contributed by atoms with Crippen molar-refractivity contribution in [1.82, 2.24) is 4.57 Å². The molecule has 1 aromatic heterocycles. The van der Waals surface area contributed by atoms with Gasteiger partial charge in [-0.05, 0) is 31.9 Å². The fourth-order valence-corrected chi connectivity index (χ4v) is 2.60. The summed E-state index contributed by atoms with van der Waals surface area (Å²) in [5, 5.41) is 1.33. The van der Waals surface area contributed by atoms with Gasteiger partial charge >= 0.3 is 0 Å². The number of aromatic nitrogens is 1. The van der Waals surface area contributed by atoms with E-state index in [0.717, 1.165) is 13.0 Å². The van der Waals surface area contributed by atoms with Crippen molar-refractivity contribution in [2.45, 2.75) is 32.4 Å². The van der Waals surface area contributed by atoms with Gasteiger partial charge in [0, 0.05) is 17.6 Å². The molecular weight excluding hydrogens is 184 g/mol. The van der Waals surface area contributed by atoms with Gasteiger partial charge in [0.05, 0.1) is 11.1 Å². The monoisotopic (exact) mass is 200 g/mol. The molecule has 0 fully saturated rings. The summed E-state index contributed by atoms with van der Waals surface area (Å²) in [7, 11) is 0. The molecule has 15 heavy (non-hydrogen) atoms. The molecule has 1 aliphatic rings. The van der Waals surface area contributed by atoms with Crippen molar-refractivity contribution in [2.24, 2.45) is 5.73 Å². The van der Waals surface area contributed by atoms with E-state index >= 15 is 0 Å². The lowest BCUT2D eigenvalue weighted by molar-refractivity contribution is 0.503. The van der Waals surface area contributed by atoms with Gasteiger partial charge in [-0.15, -0.1) is 0 Å². The van der Waals surface area contributed by atoms with Crippen LogP contribution in [0.4, 0.5) is 0 Å². The minimum Gasteiger partial charge on any atom is -0.342 e. The van der Waals surface area contributed by atoms with Gasteiger partial charge in [0.25, 0.3) is 0 Å². The highest BCUT2D eigenvalue weighted by atomic mass is 15.0. The van der Waals surface area contributed by atoms with E-state index in [1.807, 2.05) is 0 Å². The van der Waals surface area contributed by atoms with E-state index in [2.05, 4.69) is 42.7 Å². The predicted molar refractivity (Wildman–Crippen MR) is 62.9 cm³/mol. The van der Waals surface area contributed by atoms with Crippen LogP contribution >= 0.6 is 0 Å². The molecule has 2 aromatic rings. The Morgan fingerprint density at radius 2 is 2.13 bits per heavy atom. The molecule has 1 aliphatic heterocycles. The van der Waals surface area contributed by atoms with Crippen LogP contribution in [0.3, 0.4) is 0 Å². The molecule has 0 spiro atoms. The van der Waals surface area contributed by atoms with E-state index in [1.54, 1.807) is 0 Å². The molecular formula is C13H16N2. The average molecular weight is 200 g/mol. The first-order valence-electron chi connectivity index (χ1n) is 5.48. The van der Waals surface area contributed by atoms with Gasteiger partial charge in [0.2, 0.25) is 0 Å². The molecule has 0 unspecified atom stereocenters. The minimum absolute atomic E-state index is 0.249. The van der Waals surface area contributed by atoms with Crippen molar-refractivity contribution in [2.75, 3.05) is 0 Å². The van der Waals surface area contributed by atoms with Gasteiger partial charge in [-0.3, -0.25) is 0 Å². The average Bonchev–Trinajstić information content (AvgIpc) is 2.71. The lowest BCUT2D eigenvalue weighted by atomic mass is 10.0. The molecule has 1 aromatic carbocycles. The van der Waals surface area contributed by atoms with Gasteiger partial charge in [-0.25, -0.2) is 0 Å². The number of para-hydroxylation sites is 1. The molecule has 0 radical (unpaired) electrons. The zero-order valence-corrected chi connectivity index (χ0v) is 9.25. The summed E-state index contributed by atoms with van der Waals surface area (Å²) in [5.41, 5.74) is 10.1. The summed E-state index contributed by atoms with van der Waals surface area (Å²) in [6.07, 6.45) is 1.15. The first kappa shape index (κ1) is 8.98. The van der Waals surface area contributed by atoms with Crippen molar-refractivity contribution in [3.8, 4) is 0 Å². The highest BCUT2D eigenvalue weighted by molar-refractivity contribution is 5.86. The number of rotatable bonds is 1. The van der Waals surface area contributed by atoms with Crippen molar-refractivity contribution >= 4 is 10.9 Å². The second-order valence-electron chi connectivity index (χ2n) is 5.01. The summed E-state index contributed by atoms with van der Waals surface area (Å²) in [6.45, 7) is 5.23. The Hall–Kier alpha value is -1.28. The van der Waals surface area contributed by atoms with E-state index in [-0.39, 0.29) is 5.54 Å². The van der Waals surface area contributed by atoms with Crippen molar-refractivity contribution < 1.29 is 0 Å². The van der Waals surface area contributed by atoms with Gasteiger partial charge < -0.3 is 10.3 Å². The Labute approximate surface area is 89.7 Å². The largest absolute Gasteiger partial charge is 0.342 e. The number of benzene rings is 1. The Morgan fingerprint density at radius 1 is 1.33 bits per heavy atom. The maximum atomic E-state index is 6.20. The summed E-state index contributed by atoms with van der Waals surface area (Å²) in [5.74, 6) is 0. The van der Waals surface area contributed by atoms with Crippen molar-refractivity contribution in [1.29, 1.82) is 0 Å². The Balaban J connectivity index is 2.39. The van der Waals surface area contributed by atoms with Crippen LogP contribution in [-0.2, 0) is 18.5 Å². The number of hydrogen-bond donors (Lipinski definition) is 1. The Morgan fingerprint density at radius 3 is 2.87 bits per heavy atom. The number of nitrogens with two attached hydrogens (primary N) is 1. The standard InChI is InChI=1S/C13H16N2/c1-13(2,14)11-8-10-5-3-4-9-6-7-15(11)12(9)10/h3-5,8H,6-7,14H2,1-2H3. The van der Waals surface area contributed by atoms with Gasteiger partial charge in [0.15, 0.2) is 0 Å². The highest BCUT2D eigenvalue weighted by Crippen LogP contribution is 2.33. The van der Waals surface area contributed by atoms with Gasteiger partial charge in [0.1, 0.15) is 0 Å². The lowest BCUT2D eigenvalue weighted by Crippen LogP contribution is -2.31. The Bertz CT molecular complexity index is 529. The smallest absolute Gasteiger partial charge is 0.0516 e. The van der Waals surface area contributed by atoms with Crippen LogP contribution < -0.4 is 5.73 Å². The van der Waals surface area contributed by atoms with Crippen LogP contribution in [0.5, 0.6) is 0 Å². The third-order valence-corrected chi connectivity index (χ3v) is 3.27. The summed E-state index contributed by atoms with van der Waals surface area (Å²) >= 11 is 0. The Kier molecular flexibility index (Phi) is 1.58.